The lowest BCUT2D eigenvalue weighted by atomic mass is 9.91. The van der Waals surface area contributed by atoms with Crippen LogP contribution >= 0.6 is 27.5 Å². The first-order valence-corrected chi connectivity index (χ1v) is 7.56. The third kappa shape index (κ3) is 2.06. The number of benzene rings is 1. The molecular weight excluding hydrogens is 316 g/mol. The van der Waals surface area contributed by atoms with Crippen molar-refractivity contribution in [2.45, 2.75) is 37.2 Å². The molecule has 1 fully saturated rings. The van der Waals surface area contributed by atoms with Gasteiger partial charge in [0.25, 0.3) is 0 Å². The molecule has 0 aromatic heterocycles. The molecule has 98 valence electrons. The summed E-state index contributed by atoms with van der Waals surface area (Å²) in [5.74, 6) is 0.968. The summed E-state index contributed by atoms with van der Waals surface area (Å²) in [6.07, 6.45) is 3.04. The number of hydrogen-bond acceptors (Lipinski definition) is 2. The fourth-order valence-electron chi connectivity index (χ4n) is 2.82. The summed E-state index contributed by atoms with van der Waals surface area (Å²) in [7, 11) is 0. The molecular formula is C14H16BrClO2. The van der Waals surface area contributed by atoms with Crippen molar-refractivity contribution in [3.05, 3.63) is 27.7 Å². The fraction of sp³-hybridized carbons (Fsp3) is 0.571. The predicted molar refractivity (Wildman–Crippen MR) is 75.5 cm³/mol. The van der Waals surface area contributed by atoms with Crippen LogP contribution in [0.3, 0.4) is 0 Å². The maximum atomic E-state index is 6.68. The van der Waals surface area contributed by atoms with Gasteiger partial charge in [0.2, 0.25) is 0 Å². The van der Waals surface area contributed by atoms with Gasteiger partial charge in [0, 0.05) is 23.1 Å². The molecule has 2 aliphatic heterocycles. The largest absolute Gasteiger partial charge is 0.493 e. The van der Waals surface area contributed by atoms with Crippen molar-refractivity contribution in [1.29, 1.82) is 0 Å². The Kier molecular flexibility index (Phi) is 3.33. The molecule has 2 unspecified atom stereocenters. The highest BCUT2D eigenvalue weighted by molar-refractivity contribution is 9.10. The van der Waals surface area contributed by atoms with E-state index in [4.69, 9.17) is 21.1 Å². The Labute approximate surface area is 121 Å². The highest BCUT2D eigenvalue weighted by Gasteiger charge is 2.40. The molecule has 18 heavy (non-hydrogen) atoms. The number of fused-ring (bicyclic) bond motifs is 1. The average molecular weight is 332 g/mol. The molecule has 0 amide bonds. The van der Waals surface area contributed by atoms with Gasteiger partial charge in [-0.25, -0.2) is 0 Å². The van der Waals surface area contributed by atoms with E-state index in [-0.39, 0.29) is 11.0 Å². The van der Waals surface area contributed by atoms with Gasteiger partial charge in [0.1, 0.15) is 5.75 Å². The van der Waals surface area contributed by atoms with Gasteiger partial charge in [-0.3, -0.25) is 0 Å². The zero-order chi connectivity index (χ0) is 12.8. The van der Waals surface area contributed by atoms with E-state index in [1.54, 1.807) is 0 Å². The first kappa shape index (κ1) is 12.8. The average Bonchev–Trinajstić information content (AvgIpc) is 2.96. The second-order valence-electron chi connectivity index (χ2n) is 5.21. The lowest BCUT2D eigenvalue weighted by molar-refractivity contribution is 0.0159. The lowest BCUT2D eigenvalue weighted by Gasteiger charge is -2.30. The number of rotatable bonds is 2. The summed E-state index contributed by atoms with van der Waals surface area (Å²) < 4.78 is 12.7. The van der Waals surface area contributed by atoms with Crippen molar-refractivity contribution in [2.75, 3.05) is 13.2 Å². The second kappa shape index (κ2) is 4.69. The van der Waals surface area contributed by atoms with Crippen LogP contribution in [0.4, 0.5) is 0 Å². The van der Waals surface area contributed by atoms with Crippen LogP contribution < -0.4 is 4.74 Å². The minimum atomic E-state index is -0.276. The van der Waals surface area contributed by atoms with E-state index < -0.39 is 0 Å². The second-order valence-corrected chi connectivity index (χ2v) is 6.56. The van der Waals surface area contributed by atoms with Gasteiger partial charge >= 0.3 is 0 Å². The van der Waals surface area contributed by atoms with Gasteiger partial charge in [0.15, 0.2) is 0 Å². The minimum absolute atomic E-state index is 0.163. The minimum Gasteiger partial charge on any atom is -0.493 e. The summed E-state index contributed by atoms with van der Waals surface area (Å²) >= 11 is 10.2. The van der Waals surface area contributed by atoms with Crippen LogP contribution in [0.2, 0.25) is 0 Å². The third-order valence-corrected chi connectivity index (χ3v) is 4.99. The first-order valence-electron chi connectivity index (χ1n) is 6.33. The zero-order valence-corrected chi connectivity index (χ0v) is 12.7. The van der Waals surface area contributed by atoms with Crippen LogP contribution in [0.1, 0.15) is 36.3 Å². The Hall–Kier alpha value is -0.250. The molecule has 1 aromatic carbocycles. The monoisotopic (exact) mass is 330 g/mol. The van der Waals surface area contributed by atoms with Gasteiger partial charge in [0.05, 0.1) is 17.6 Å². The molecule has 0 N–H and O–H groups in total. The molecule has 2 aliphatic rings. The van der Waals surface area contributed by atoms with Crippen molar-refractivity contribution in [3.8, 4) is 5.75 Å². The van der Waals surface area contributed by atoms with Crippen molar-refractivity contribution in [3.63, 3.8) is 0 Å². The van der Waals surface area contributed by atoms with Crippen LogP contribution in [0, 0.1) is 0 Å². The summed E-state index contributed by atoms with van der Waals surface area (Å²) in [6.45, 7) is 3.65. The number of alkyl halides is 1. The molecule has 2 heterocycles. The third-order valence-electron chi connectivity index (χ3n) is 3.84. The lowest BCUT2D eigenvalue weighted by Crippen LogP contribution is -2.29. The van der Waals surface area contributed by atoms with E-state index in [9.17, 15) is 0 Å². The molecule has 3 rings (SSSR count). The molecule has 0 radical (unpaired) electrons. The van der Waals surface area contributed by atoms with Crippen molar-refractivity contribution >= 4 is 27.5 Å². The quantitative estimate of drug-likeness (QED) is 0.755. The van der Waals surface area contributed by atoms with Gasteiger partial charge in [-0.2, -0.15) is 0 Å². The molecule has 4 heteroatoms. The summed E-state index contributed by atoms with van der Waals surface area (Å²) in [6, 6.07) is 4.18. The van der Waals surface area contributed by atoms with E-state index in [0.29, 0.717) is 0 Å². The highest BCUT2D eigenvalue weighted by atomic mass is 79.9. The summed E-state index contributed by atoms with van der Waals surface area (Å²) in [5.41, 5.74) is 2.02. The highest BCUT2D eigenvalue weighted by Crippen LogP contribution is 2.47. The van der Waals surface area contributed by atoms with Crippen LogP contribution in [0.15, 0.2) is 16.6 Å². The standard InChI is InChI=1S/C14H16BrClO2/c1-14(4-2-5-18-14)13(16)11-8-10(15)7-9-3-6-17-12(9)11/h7-8,13H,2-6H2,1H3. The maximum Gasteiger partial charge on any atom is 0.127 e. The van der Waals surface area contributed by atoms with Gasteiger partial charge in [-0.05, 0) is 37.5 Å². The topological polar surface area (TPSA) is 18.5 Å². The molecule has 0 aliphatic carbocycles. The van der Waals surface area contributed by atoms with E-state index in [0.717, 1.165) is 48.3 Å². The van der Waals surface area contributed by atoms with E-state index in [2.05, 4.69) is 35.0 Å². The molecule has 0 saturated carbocycles. The molecule has 1 aromatic rings. The number of halogens is 2. The fourth-order valence-corrected chi connectivity index (χ4v) is 3.67. The Bertz CT molecular complexity index is 469. The van der Waals surface area contributed by atoms with Crippen LogP contribution in [0.25, 0.3) is 0 Å². The van der Waals surface area contributed by atoms with Crippen LogP contribution in [0.5, 0.6) is 5.75 Å². The van der Waals surface area contributed by atoms with Crippen molar-refractivity contribution in [1.82, 2.24) is 0 Å². The van der Waals surface area contributed by atoms with Crippen molar-refractivity contribution in [2.24, 2.45) is 0 Å². The molecule has 2 nitrogen and oxygen atoms in total. The van der Waals surface area contributed by atoms with Crippen LogP contribution in [-0.4, -0.2) is 18.8 Å². The SMILES string of the molecule is CC1(C(Cl)c2cc(Br)cc3c2OCC3)CCCO1. The predicted octanol–water partition coefficient (Wildman–Crippen LogP) is 4.23. The Morgan fingerprint density at radius 3 is 2.94 bits per heavy atom. The normalized spacial score (nSPS) is 27.9. The van der Waals surface area contributed by atoms with E-state index >= 15 is 0 Å². The Morgan fingerprint density at radius 2 is 2.22 bits per heavy atom. The molecule has 2 atom stereocenters. The zero-order valence-electron chi connectivity index (χ0n) is 10.3. The molecule has 0 spiro atoms. The summed E-state index contributed by atoms with van der Waals surface area (Å²) in [4.78, 5) is 0. The number of hydrogen-bond donors (Lipinski definition) is 0. The van der Waals surface area contributed by atoms with Gasteiger partial charge in [-0.1, -0.05) is 15.9 Å². The van der Waals surface area contributed by atoms with E-state index in [1.807, 2.05) is 0 Å². The molecule has 1 saturated heterocycles. The summed E-state index contributed by atoms with van der Waals surface area (Å²) in [5, 5.41) is -0.163. The maximum absolute atomic E-state index is 6.68. The smallest absolute Gasteiger partial charge is 0.127 e. The number of ether oxygens (including phenoxy) is 2. The van der Waals surface area contributed by atoms with Crippen LogP contribution in [-0.2, 0) is 11.2 Å². The first-order chi connectivity index (χ1) is 8.60. The van der Waals surface area contributed by atoms with E-state index in [1.165, 1.54) is 5.56 Å². The van der Waals surface area contributed by atoms with Gasteiger partial charge in [-0.15, -0.1) is 11.6 Å². The molecule has 0 bridgehead atoms. The van der Waals surface area contributed by atoms with Gasteiger partial charge < -0.3 is 9.47 Å². The van der Waals surface area contributed by atoms with Crippen molar-refractivity contribution < 1.29 is 9.47 Å². The Morgan fingerprint density at radius 1 is 1.39 bits per heavy atom. The Balaban J connectivity index is 2.01.